The van der Waals surface area contributed by atoms with Gasteiger partial charge in [0.2, 0.25) is 5.89 Å². The van der Waals surface area contributed by atoms with Crippen LogP contribution >= 0.6 is 11.8 Å². The Morgan fingerprint density at radius 3 is 2.82 bits per heavy atom. The van der Waals surface area contributed by atoms with E-state index in [1.165, 1.54) is 18.2 Å². The number of amidine groups is 1. The van der Waals surface area contributed by atoms with Crippen LogP contribution in [0.4, 0.5) is 4.39 Å². The van der Waals surface area contributed by atoms with Gasteiger partial charge in [-0.2, -0.15) is 0 Å². The van der Waals surface area contributed by atoms with Gasteiger partial charge in [0.25, 0.3) is 5.22 Å². The molecular weight excluding hydrogens is 243 g/mol. The summed E-state index contributed by atoms with van der Waals surface area (Å²) >= 11 is 1.14. The van der Waals surface area contributed by atoms with Crippen molar-refractivity contribution in [3.63, 3.8) is 0 Å². The molecule has 0 fully saturated rings. The van der Waals surface area contributed by atoms with E-state index < -0.39 is 5.82 Å². The van der Waals surface area contributed by atoms with Gasteiger partial charge in [-0.3, -0.25) is 5.41 Å². The van der Waals surface area contributed by atoms with Gasteiger partial charge in [0, 0.05) is 17.4 Å². The molecule has 1 heterocycles. The molecule has 0 unspecified atom stereocenters. The SMILES string of the molecule is Cc1nnc(Sc2ccc(F)cc2C(=N)N)o1. The van der Waals surface area contributed by atoms with Crippen LogP contribution in [0.15, 0.2) is 32.7 Å². The van der Waals surface area contributed by atoms with Crippen LogP contribution in [0.25, 0.3) is 0 Å². The molecule has 2 aromatic rings. The third kappa shape index (κ3) is 2.62. The number of nitrogens with two attached hydrogens (primary N) is 1. The third-order valence-electron chi connectivity index (χ3n) is 1.94. The summed E-state index contributed by atoms with van der Waals surface area (Å²) in [7, 11) is 0. The second-order valence-electron chi connectivity index (χ2n) is 3.24. The van der Waals surface area contributed by atoms with Crippen molar-refractivity contribution in [3.05, 3.63) is 35.5 Å². The Hall–Kier alpha value is -1.89. The maximum absolute atomic E-state index is 13.0. The fourth-order valence-electron chi connectivity index (χ4n) is 1.22. The van der Waals surface area contributed by atoms with Gasteiger partial charge >= 0.3 is 0 Å². The van der Waals surface area contributed by atoms with E-state index in [4.69, 9.17) is 15.6 Å². The summed E-state index contributed by atoms with van der Waals surface area (Å²) < 4.78 is 18.2. The predicted molar refractivity (Wildman–Crippen MR) is 60.6 cm³/mol. The Labute approximate surface area is 101 Å². The van der Waals surface area contributed by atoms with Crippen molar-refractivity contribution in [2.45, 2.75) is 17.0 Å². The molecule has 0 amide bonds. The van der Waals surface area contributed by atoms with Crippen molar-refractivity contribution in [2.24, 2.45) is 5.73 Å². The first-order valence-electron chi connectivity index (χ1n) is 4.68. The minimum Gasteiger partial charge on any atom is -0.416 e. The largest absolute Gasteiger partial charge is 0.416 e. The summed E-state index contributed by atoms with van der Waals surface area (Å²) in [5.41, 5.74) is 5.69. The molecule has 0 spiro atoms. The fourth-order valence-corrected chi connectivity index (χ4v) is 2.06. The molecule has 0 radical (unpaired) electrons. The summed E-state index contributed by atoms with van der Waals surface area (Å²) in [6.45, 7) is 1.67. The van der Waals surface area contributed by atoms with Gasteiger partial charge < -0.3 is 10.2 Å². The lowest BCUT2D eigenvalue weighted by atomic mass is 10.2. The summed E-state index contributed by atoms with van der Waals surface area (Å²) in [5, 5.41) is 15.2. The van der Waals surface area contributed by atoms with Gasteiger partial charge in [-0.05, 0) is 30.0 Å². The number of nitrogens with zero attached hydrogens (tertiary/aromatic N) is 2. The average molecular weight is 252 g/mol. The van der Waals surface area contributed by atoms with Gasteiger partial charge in [0.1, 0.15) is 11.7 Å². The molecule has 7 heteroatoms. The molecule has 0 bridgehead atoms. The van der Waals surface area contributed by atoms with Crippen molar-refractivity contribution < 1.29 is 8.81 Å². The van der Waals surface area contributed by atoms with Crippen LogP contribution in [0.5, 0.6) is 0 Å². The van der Waals surface area contributed by atoms with Crippen molar-refractivity contribution >= 4 is 17.6 Å². The minimum absolute atomic E-state index is 0.205. The Balaban J connectivity index is 2.35. The number of rotatable bonds is 3. The highest BCUT2D eigenvalue weighted by Gasteiger charge is 2.12. The van der Waals surface area contributed by atoms with E-state index in [9.17, 15) is 4.39 Å². The van der Waals surface area contributed by atoms with Gasteiger partial charge in [0.15, 0.2) is 0 Å². The number of nitrogens with one attached hydrogen (secondary N) is 1. The molecule has 0 atom stereocenters. The van der Waals surface area contributed by atoms with E-state index in [-0.39, 0.29) is 5.84 Å². The Bertz CT molecular complexity index is 569. The van der Waals surface area contributed by atoms with Crippen molar-refractivity contribution in [2.75, 3.05) is 0 Å². The first kappa shape index (κ1) is 11.6. The fraction of sp³-hybridized carbons (Fsp3) is 0.100. The summed E-state index contributed by atoms with van der Waals surface area (Å²) in [6.07, 6.45) is 0. The first-order valence-corrected chi connectivity index (χ1v) is 5.50. The summed E-state index contributed by atoms with van der Waals surface area (Å²) in [4.78, 5) is 0.600. The van der Waals surface area contributed by atoms with Crippen LogP contribution in [0.1, 0.15) is 11.5 Å². The number of aromatic nitrogens is 2. The summed E-state index contributed by atoms with van der Waals surface area (Å²) in [5.74, 6) is -0.205. The highest BCUT2D eigenvalue weighted by atomic mass is 32.2. The predicted octanol–water partition coefficient (Wildman–Crippen LogP) is 1.95. The molecule has 1 aromatic heterocycles. The zero-order valence-corrected chi connectivity index (χ0v) is 9.71. The van der Waals surface area contributed by atoms with Crippen LogP contribution in [-0.2, 0) is 0 Å². The van der Waals surface area contributed by atoms with E-state index in [0.29, 0.717) is 21.6 Å². The number of nitrogen functional groups attached to an aromatic ring is 1. The smallest absolute Gasteiger partial charge is 0.281 e. The molecule has 2 rings (SSSR count). The molecule has 5 nitrogen and oxygen atoms in total. The maximum atomic E-state index is 13.0. The second-order valence-corrected chi connectivity index (χ2v) is 4.24. The van der Waals surface area contributed by atoms with Gasteiger partial charge in [-0.15, -0.1) is 10.2 Å². The van der Waals surface area contributed by atoms with Gasteiger partial charge in [-0.1, -0.05) is 0 Å². The lowest BCUT2D eigenvalue weighted by Crippen LogP contribution is -2.12. The van der Waals surface area contributed by atoms with Crippen molar-refractivity contribution in [1.29, 1.82) is 5.41 Å². The second kappa shape index (κ2) is 4.54. The lowest BCUT2D eigenvalue weighted by molar-refractivity contribution is 0.429. The molecule has 88 valence electrons. The van der Waals surface area contributed by atoms with Crippen LogP contribution < -0.4 is 5.73 Å². The van der Waals surface area contributed by atoms with Crippen LogP contribution in [0.3, 0.4) is 0 Å². The quantitative estimate of drug-likeness (QED) is 0.643. The molecule has 0 aliphatic rings. The minimum atomic E-state index is -0.443. The summed E-state index contributed by atoms with van der Waals surface area (Å²) in [6, 6.07) is 4.02. The van der Waals surface area contributed by atoms with E-state index in [1.807, 2.05) is 0 Å². The van der Waals surface area contributed by atoms with Crippen molar-refractivity contribution in [1.82, 2.24) is 10.2 Å². The third-order valence-corrected chi connectivity index (χ3v) is 2.85. The van der Waals surface area contributed by atoms with Gasteiger partial charge in [-0.25, -0.2) is 4.39 Å². The zero-order chi connectivity index (χ0) is 12.4. The van der Waals surface area contributed by atoms with Crippen LogP contribution in [-0.4, -0.2) is 16.0 Å². The normalized spacial score (nSPS) is 10.5. The number of benzene rings is 1. The molecule has 0 saturated carbocycles. The number of aryl methyl sites for hydroxylation is 1. The number of halogens is 1. The number of hydrogen-bond acceptors (Lipinski definition) is 5. The molecule has 0 aliphatic carbocycles. The molecule has 0 aliphatic heterocycles. The van der Waals surface area contributed by atoms with Gasteiger partial charge in [0.05, 0.1) is 0 Å². The lowest BCUT2D eigenvalue weighted by Gasteiger charge is -2.05. The Morgan fingerprint density at radius 1 is 1.47 bits per heavy atom. The average Bonchev–Trinajstić information content (AvgIpc) is 2.66. The maximum Gasteiger partial charge on any atom is 0.281 e. The molecule has 1 aromatic carbocycles. The molecule has 0 saturated heterocycles. The van der Waals surface area contributed by atoms with E-state index in [1.54, 1.807) is 6.92 Å². The number of hydrogen-bond donors (Lipinski definition) is 2. The highest BCUT2D eigenvalue weighted by molar-refractivity contribution is 7.99. The van der Waals surface area contributed by atoms with E-state index in [0.717, 1.165) is 11.8 Å². The van der Waals surface area contributed by atoms with Crippen molar-refractivity contribution in [3.8, 4) is 0 Å². The van der Waals surface area contributed by atoms with Crippen LogP contribution in [0, 0.1) is 18.2 Å². The topological polar surface area (TPSA) is 88.8 Å². The zero-order valence-electron chi connectivity index (χ0n) is 8.90. The molecule has 3 N–H and O–H groups in total. The molecule has 17 heavy (non-hydrogen) atoms. The Morgan fingerprint density at radius 2 is 2.24 bits per heavy atom. The van der Waals surface area contributed by atoms with E-state index in [2.05, 4.69) is 10.2 Å². The Kier molecular flexibility index (Phi) is 3.10. The van der Waals surface area contributed by atoms with Crippen LogP contribution in [0.2, 0.25) is 0 Å². The monoisotopic (exact) mass is 252 g/mol. The highest BCUT2D eigenvalue weighted by Crippen LogP contribution is 2.29. The molecular formula is C10H9FN4OS. The van der Waals surface area contributed by atoms with E-state index >= 15 is 0 Å². The standard InChI is InChI=1S/C10H9FN4OS/c1-5-14-15-10(16-5)17-8-3-2-6(11)4-7(8)9(12)13/h2-4H,1H3,(H3,12,13). The first-order chi connectivity index (χ1) is 8.06.